The molecule has 0 atom stereocenters. The zero-order valence-electron chi connectivity index (χ0n) is 10.3. The maximum absolute atomic E-state index is 11.2. The van der Waals surface area contributed by atoms with Crippen LogP contribution < -0.4 is 4.74 Å². The first-order valence-corrected chi connectivity index (χ1v) is 5.59. The van der Waals surface area contributed by atoms with Gasteiger partial charge in [0.1, 0.15) is 11.4 Å². The highest BCUT2D eigenvalue weighted by Gasteiger charge is 2.20. The lowest BCUT2D eigenvalue weighted by Crippen LogP contribution is -2.07. The van der Waals surface area contributed by atoms with E-state index in [0.29, 0.717) is 17.0 Å². The average molecular weight is 263 g/mol. The summed E-state index contributed by atoms with van der Waals surface area (Å²) in [4.78, 5) is 11.2. The first-order chi connectivity index (χ1) is 9.17. The lowest BCUT2D eigenvalue weighted by molar-refractivity contribution is 0.0691. The molecule has 19 heavy (non-hydrogen) atoms. The molecule has 1 aromatic heterocycles. The van der Waals surface area contributed by atoms with Gasteiger partial charge in [-0.1, -0.05) is 17.3 Å². The van der Waals surface area contributed by atoms with Crippen LogP contribution in [0.15, 0.2) is 24.3 Å². The van der Waals surface area contributed by atoms with Gasteiger partial charge in [0.15, 0.2) is 5.69 Å². The lowest BCUT2D eigenvalue weighted by atomic mass is 10.1. The van der Waals surface area contributed by atoms with E-state index in [2.05, 4.69) is 10.3 Å². The van der Waals surface area contributed by atoms with E-state index in [1.807, 2.05) is 0 Å². The summed E-state index contributed by atoms with van der Waals surface area (Å²) < 4.78 is 6.47. The first kappa shape index (κ1) is 13.0. The fraction of sp³-hybridized carbons (Fsp3) is 0.250. The molecule has 2 aromatic rings. The van der Waals surface area contributed by atoms with Gasteiger partial charge in [0.2, 0.25) is 0 Å². The number of aliphatic hydroxyl groups excluding tert-OH is 1. The second-order valence-electron chi connectivity index (χ2n) is 3.77. The Bertz CT molecular complexity index is 594. The minimum atomic E-state index is -1.16. The standard InChI is InChI=1S/C12H13N3O4/c1-19-9-4-2-3-8(7-9)11-10(12(17)18)13-14-15(11)5-6-16/h2-4,7,16H,5-6H2,1H3,(H,17,18). The van der Waals surface area contributed by atoms with Crippen molar-refractivity contribution in [2.75, 3.05) is 13.7 Å². The number of carbonyl (C=O) groups is 1. The molecule has 0 saturated carbocycles. The zero-order valence-corrected chi connectivity index (χ0v) is 10.3. The largest absolute Gasteiger partial charge is 0.497 e. The monoisotopic (exact) mass is 263 g/mol. The number of ether oxygens (including phenoxy) is 1. The van der Waals surface area contributed by atoms with Crippen molar-refractivity contribution in [2.24, 2.45) is 0 Å². The number of hydrogen-bond acceptors (Lipinski definition) is 5. The van der Waals surface area contributed by atoms with Crippen LogP contribution in [-0.2, 0) is 6.54 Å². The normalized spacial score (nSPS) is 10.4. The van der Waals surface area contributed by atoms with Crippen molar-refractivity contribution in [3.63, 3.8) is 0 Å². The van der Waals surface area contributed by atoms with Gasteiger partial charge in [-0.2, -0.15) is 0 Å². The second kappa shape index (κ2) is 5.49. The van der Waals surface area contributed by atoms with Crippen molar-refractivity contribution in [1.82, 2.24) is 15.0 Å². The highest BCUT2D eigenvalue weighted by molar-refractivity contribution is 5.92. The predicted molar refractivity (Wildman–Crippen MR) is 66.1 cm³/mol. The zero-order chi connectivity index (χ0) is 13.8. The van der Waals surface area contributed by atoms with Crippen molar-refractivity contribution < 1.29 is 19.7 Å². The van der Waals surface area contributed by atoms with Gasteiger partial charge >= 0.3 is 5.97 Å². The SMILES string of the molecule is COc1cccc(-c2c(C(=O)O)nnn2CCO)c1. The van der Waals surface area contributed by atoms with Gasteiger partial charge in [-0.15, -0.1) is 5.10 Å². The molecule has 0 radical (unpaired) electrons. The van der Waals surface area contributed by atoms with E-state index >= 15 is 0 Å². The summed E-state index contributed by atoms with van der Waals surface area (Å²) in [6.45, 7) is 0.0201. The van der Waals surface area contributed by atoms with Crippen molar-refractivity contribution >= 4 is 5.97 Å². The van der Waals surface area contributed by atoms with Gasteiger partial charge in [0, 0.05) is 5.56 Å². The number of aliphatic hydroxyl groups is 1. The number of benzene rings is 1. The lowest BCUT2D eigenvalue weighted by Gasteiger charge is -2.07. The van der Waals surface area contributed by atoms with Crippen molar-refractivity contribution in [3.8, 4) is 17.0 Å². The third-order valence-corrected chi connectivity index (χ3v) is 2.59. The molecule has 0 amide bonds. The molecule has 2 N–H and O–H groups in total. The van der Waals surface area contributed by atoms with Crippen LogP contribution in [-0.4, -0.2) is 44.9 Å². The van der Waals surface area contributed by atoms with Crippen LogP contribution in [0, 0.1) is 0 Å². The summed E-state index contributed by atoms with van der Waals surface area (Å²) in [5, 5.41) is 25.5. The molecule has 0 fully saturated rings. The highest BCUT2D eigenvalue weighted by Crippen LogP contribution is 2.25. The van der Waals surface area contributed by atoms with Crippen LogP contribution >= 0.6 is 0 Å². The molecule has 0 spiro atoms. The fourth-order valence-electron chi connectivity index (χ4n) is 1.76. The van der Waals surface area contributed by atoms with Crippen molar-refractivity contribution in [3.05, 3.63) is 30.0 Å². The number of methoxy groups -OCH3 is 1. The van der Waals surface area contributed by atoms with Gasteiger partial charge in [0.25, 0.3) is 0 Å². The molecule has 7 nitrogen and oxygen atoms in total. The highest BCUT2D eigenvalue weighted by atomic mass is 16.5. The number of carboxylic acids is 1. The van der Waals surface area contributed by atoms with Gasteiger partial charge in [-0.3, -0.25) is 0 Å². The van der Waals surface area contributed by atoms with Crippen LogP contribution in [0.2, 0.25) is 0 Å². The Morgan fingerprint density at radius 3 is 2.89 bits per heavy atom. The third-order valence-electron chi connectivity index (χ3n) is 2.59. The summed E-state index contributed by atoms with van der Waals surface area (Å²) in [5.41, 5.74) is 0.817. The van der Waals surface area contributed by atoms with E-state index in [-0.39, 0.29) is 18.8 Å². The van der Waals surface area contributed by atoms with Crippen LogP contribution in [0.1, 0.15) is 10.5 Å². The van der Waals surface area contributed by atoms with E-state index in [1.54, 1.807) is 24.3 Å². The smallest absolute Gasteiger partial charge is 0.358 e. The van der Waals surface area contributed by atoms with Gasteiger partial charge < -0.3 is 14.9 Å². The Balaban J connectivity index is 2.57. The number of rotatable bonds is 5. The third kappa shape index (κ3) is 2.55. The topological polar surface area (TPSA) is 97.5 Å². The number of nitrogens with zero attached hydrogens (tertiary/aromatic N) is 3. The molecule has 1 heterocycles. The summed E-state index contributed by atoms with van der Waals surface area (Å²) in [6, 6.07) is 6.93. The second-order valence-corrected chi connectivity index (χ2v) is 3.77. The molecule has 0 aliphatic rings. The Kier molecular flexibility index (Phi) is 3.76. The van der Waals surface area contributed by atoms with Gasteiger partial charge in [0.05, 0.1) is 20.3 Å². The van der Waals surface area contributed by atoms with Crippen LogP contribution in [0.3, 0.4) is 0 Å². The van der Waals surface area contributed by atoms with Crippen LogP contribution in [0.5, 0.6) is 5.75 Å². The Labute approximate surface area is 109 Å². The molecule has 100 valence electrons. The van der Waals surface area contributed by atoms with E-state index in [1.165, 1.54) is 11.8 Å². The van der Waals surface area contributed by atoms with Crippen molar-refractivity contribution in [2.45, 2.75) is 6.54 Å². The number of aromatic carboxylic acids is 1. The summed E-state index contributed by atoms with van der Waals surface area (Å²) in [5.74, 6) is -0.562. The maximum Gasteiger partial charge on any atom is 0.358 e. The molecular formula is C12H13N3O4. The predicted octanol–water partition coefficient (Wildman–Crippen LogP) is 0.644. The average Bonchev–Trinajstić information content (AvgIpc) is 2.83. The number of hydrogen-bond donors (Lipinski definition) is 2. The van der Waals surface area contributed by atoms with Crippen molar-refractivity contribution in [1.29, 1.82) is 0 Å². The minimum absolute atomic E-state index is 0.151. The Hall–Kier alpha value is -2.41. The Morgan fingerprint density at radius 1 is 1.47 bits per heavy atom. The minimum Gasteiger partial charge on any atom is -0.497 e. The van der Waals surface area contributed by atoms with Gasteiger partial charge in [-0.25, -0.2) is 9.48 Å². The quantitative estimate of drug-likeness (QED) is 0.821. The van der Waals surface area contributed by atoms with E-state index < -0.39 is 5.97 Å². The molecule has 0 saturated heterocycles. The molecule has 0 bridgehead atoms. The molecule has 7 heteroatoms. The summed E-state index contributed by atoms with van der Waals surface area (Å²) in [6.07, 6.45) is 0. The molecule has 0 unspecified atom stereocenters. The molecular weight excluding hydrogens is 250 g/mol. The molecule has 1 aromatic carbocycles. The molecule has 0 aliphatic heterocycles. The van der Waals surface area contributed by atoms with Crippen LogP contribution in [0.4, 0.5) is 0 Å². The van der Waals surface area contributed by atoms with Gasteiger partial charge in [-0.05, 0) is 12.1 Å². The fourth-order valence-corrected chi connectivity index (χ4v) is 1.76. The summed E-state index contributed by atoms with van der Waals surface area (Å²) >= 11 is 0. The summed E-state index contributed by atoms with van der Waals surface area (Å²) in [7, 11) is 1.53. The van der Waals surface area contributed by atoms with Crippen LogP contribution in [0.25, 0.3) is 11.3 Å². The van der Waals surface area contributed by atoms with E-state index in [0.717, 1.165) is 0 Å². The molecule has 0 aliphatic carbocycles. The molecule has 2 rings (SSSR count). The maximum atomic E-state index is 11.2. The number of carboxylic acid groups (broad SMARTS) is 1. The Morgan fingerprint density at radius 2 is 2.26 bits per heavy atom. The van der Waals surface area contributed by atoms with E-state index in [4.69, 9.17) is 14.9 Å². The number of aromatic nitrogens is 3. The van der Waals surface area contributed by atoms with E-state index in [9.17, 15) is 4.79 Å². The first-order valence-electron chi connectivity index (χ1n) is 5.59.